The Bertz CT molecular complexity index is 561. The van der Waals surface area contributed by atoms with E-state index in [4.69, 9.17) is 11.6 Å². The summed E-state index contributed by atoms with van der Waals surface area (Å²) < 4.78 is 0. The number of hydrogen-bond donors (Lipinski definition) is 1. The number of rotatable bonds is 2. The third kappa shape index (κ3) is 2.82. The first-order valence-electron chi connectivity index (χ1n) is 5.49. The van der Waals surface area contributed by atoms with Crippen LogP contribution in [0, 0.1) is 10.1 Å². The van der Waals surface area contributed by atoms with E-state index in [9.17, 15) is 19.7 Å². The number of piperazine rings is 1. The molecule has 1 aliphatic heterocycles. The van der Waals surface area contributed by atoms with Crippen LogP contribution in [0.5, 0.6) is 0 Å². The van der Waals surface area contributed by atoms with Crippen LogP contribution < -0.4 is 5.32 Å². The first-order valence-corrected chi connectivity index (χ1v) is 5.87. The molecule has 1 saturated heterocycles. The van der Waals surface area contributed by atoms with Gasteiger partial charge in [0, 0.05) is 25.2 Å². The number of amides is 2. The summed E-state index contributed by atoms with van der Waals surface area (Å²) in [5.74, 6) is -0.746. The molecule has 8 heteroatoms. The highest BCUT2D eigenvalue weighted by molar-refractivity contribution is 6.34. The molecule has 1 aromatic carbocycles. The Morgan fingerprint density at radius 3 is 2.84 bits per heavy atom. The summed E-state index contributed by atoms with van der Waals surface area (Å²) in [5, 5.41) is 13.4. The van der Waals surface area contributed by atoms with Gasteiger partial charge in [0.2, 0.25) is 5.91 Å². The van der Waals surface area contributed by atoms with Gasteiger partial charge in [-0.2, -0.15) is 0 Å². The Kier molecular flexibility index (Phi) is 3.66. The molecule has 0 radical (unpaired) electrons. The zero-order chi connectivity index (χ0) is 14.0. The Labute approximate surface area is 113 Å². The topological polar surface area (TPSA) is 92.5 Å². The lowest BCUT2D eigenvalue weighted by atomic mass is 10.1. The van der Waals surface area contributed by atoms with Gasteiger partial charge in [0.05, 0.1) is 22.1 Å². The quantitative estimate of drug-likeness (QED) is 0.642. The summed E-state index contributed by atoms with van der Waals surface area (Å²) in [6.45, 7) is 0.637. The SMILES string of the molecule is O=C1CN(C(=O)c2cc([N+](=O)[O-])ccc2Cl)CCN1. The minimum Gasteiger partial charge on any atom is -0.353 e. The fourth-order valence-corrected chi connectivity index (χ4v) is 1.97. The normalized spacial score (nSPS) is 15.0. The van der Waals surface area contributed by atoms with E-state index in [2.05, 4.69) is 5.32 Å². The van der Waals surface area contributed by atoms with E-state index in [1.54, 1.807) is 0 Å². The molecule has 0 bridgehead atoms. The van der Waals surface area contributed by atoms with Crippen molar-refractivity contribution in [1.82, 2.24) is 10.2 Å². The number of non-ortho nitro benzene ring substituents is 1. The maximum absolute atomic E-state index is 12.2. The molecule has 1 aromatic rings. The monoisotopic (exact) mass is 283 g/mol. The van der Waals surface area contributed by atoms with Crippen LogP contribution in [-0.4, -0.2) is 41.3 Å². The molecule has 1 heterocycles. The first-order chi connectivity index (χ1) is 8.99. The van der Waals surface area contributed by atoms with Gasteiger partial charge < -0.3 is 10.2 Å². The van der Waals surface area contributed by atoms with Gasteiger partial charge in [-0.15, -0.1) is 0 Å². The Morgan fingerprint density at radius 1 is 1.47 bits per heavy atom. The van der Waals surface area contributed by atoms with Crippen LogP contribution in [-0.2, 0) is 4.79 Å². The minimum absolute atomic E-state index is 0.0329. The van der Waals surface area contributed by atoms with E-state index >= 15 is 0 Å². The molecule has 19 heavy (non-hydrogen) atoms. The van der Waals surface area contributed by atoms with Crippen LogP contribution in [0.4, 0.5) is 5.69 Å². The number of nitrogens with zero attached hydrogens (tertiary/aromatic N) is 2. The number of carbonyl (C=O) groups is 2. The van der Waals surface area contributed by atoms with Crippen molar-refractivity contribution in [1.29, 1.82) is 0 Å². The van der Waals surface area contributed by atoms with Crippen LogP contribution in [0.3, 0.4) is 0 Å². The molecule has 0 spiro atoms. The van der Waals surface area contributed by atoms with E-state index in [1.807, 2.05) is 0 Å². The average Bonchev–Trinajstić information content (AvgIpc) is 2.38. The number of benzene rings is 1. The van der Waals surface area contributed by atoms with E-state index in [1.165, 1.54) is 17.0 Å². The van der Waals surface area contributed by atoms with Crippen LogP contribution >= 0.6 is 11.6 Å². The minimum atomic E-state index is -0.601. The van der Waals surface area contributed by atoms with Gasteiger partial charge in [-0.3, -0.25) is 19.7 Å². The number of halogens is 1. The van der Waals surface area contributed by atoms with Crippen LogP contribution in [0.2, 0.25) is 5.02 Å². The maximum atomic E-state index is 12.2. The molecule has 7 nitrogen and oxygen atoms in total. The third-order valence-corrected chi connectivity index (χ3v) is 3.05. The summed E-state index contributed by atoms with van der Waals surface area (Å²) >= 11 is 5.88. The molecule has 0 atom stereocenters. The van der Waals surface area contributed by atoms with E-state index in [-0.39, 0.29) is 28.7 Å². The van der Waals surface area contributed by atoms with Crippen molar-refractivity contribution in [2.45, 2.75) is 0 Å². The van der Waals surface area contributed by atoms with Crippen molar-refractivity contribution in [3.8, 4) is 0 Å². The average molecular weight is 284 g/mol. The highest BCUT2D eigenvalue weighted by Crippen LogP contribution is 2.23. The number of carbonyl (C=O) groups excluding carboxylic acids is 2. The van der Waals surface area contributed by atoms with Crippen molar-refractivity contribution in [2.75, 3.05) is 19.6 Å². The summed E-state index contributed by atoms with van der Waals surface area (Å²) in [6.07, 6.45) is 0. The zero-order valence-electron chi connectivity index (χ0n) is 9.76. The number of nitro benzene ring substituents is 1. The highest BCUT2D eigenvalue weighted by Gasteiger charge is 2.25. The standard InChI is InChI=1S/C11H10ClN3O4/c12-9-2-1-7(15(18)19)5-8(9)11(17)14-4-3-13-10(16)6-14/h1-2,5H,3-4,6H2,(H,13,16). The second-order valence-corrected chi connectivity index (χ2v) is 4.41. The molecule has 100 valence electrons. The van der Waals surface area contributed by atoms with E-state index in [0.29, 0.717) is 13.1 Å². The van der Waals surface area contributed by atoms with Gasteiger partial charge in [-0.1, -0.05) is 11.6 Å². The van der Waals surface area contributed by atoms with Gasteiger partial charge >= 0.3 is 0 Å². The zero-order valence-corrected chi connectivity index (χ0v) is 10.5. The molecule has 0 saturated carbocycles. The third-order valence-electron chi connectivity index (χ3n) is 2.72. The van der Waals surface area contributed by atoms with E-state index < -0.39 is 10.8 Å². The summed E-state index contributed by atoms with van der Waals surface area (Å²) in [5.41, 5.74) is -0.181. The fourth-order valence-electron chi connectivity index (χ4n) is 1.77. The summed E-state index contributed by atoms with van der Waals surface area (Å²) in [4.78, 5) is 34.8. The Balaban J connectivity index is 2.29. The van der Waals surface area contributed by atoms with Crippen molar-refractivity contribution in [2.24, 2.45) is 0 Å². The van der Waals surface area contributed by atoms with Gasteiger partial charge in [0.15, 0.2) is 0 Å². The lowest BCUT2D eigenvalue weighted by Crippen LogP contribution is -2.50. The number of nitrogens with one attached hydrogen (secondary N) is 1. The smallest absolute Gasteiger partial charge is 0.270 e. The van der Waals surface area contributed by atoms with Crippen LogP contribution in [0.15, 0.2) is 18.2 Å². The van der Waals surface area contributed by atoms with Gasteiger partial charge in [-0.05, 0) is 6.07 Å². The number of nitro groups is 1. The van der Waals surface area contributed by atoms with Gasteiger partial charge in [0.1, 0.15) is 0 Å². The lowest BCUT2D eigenvalue weighted by molar-refractivity contribution is -0.384. The molecular weight excluding hydrogens is 274 g/mol. The molecule has 1 aliphatic rings. The molecule has 0 unspecified atom stereocenters. The highest BCUT2D eigenvalue weighted by atomic mass is 35.5. The Morgan fingerprint density at radius 2 is 2.21 bits per heavy atom. The van der Waals surface area contributed by atoms with Gasteiger partial charge in [-0.25, -0.2) is 0 Å². The first kappa shape index (κ1) is 13.3. The van der Waals surface area contributed by atoms with Crippen molar-refractivity contribution in [3.05, 3.63) is 38.9 Å². The van der Waals surface area contributed by atoms with Crippen LogP contribution in [0.25, 0.3) is 0 Å². The van der Waals surface area contributed by atoms with Crippen molar-refractivity contribution < 1.29 is 14.5 Å². The van der Waals surface area contributed by atoms with Gasteiger partial charge in [0.25, 0.3) is 11.6 Å². The molecule has 0 aliphatic carbocycles. The molecule has 1 fully saturated rings. The summed E-state index contributed by atoms with van der Waals surface area (Å²) in [6, 6.07) is 3.65. The number of hydrogen-bond acceptors (Lipinski definition) is 4. The van der Waals surface area contributed by atoms with Crippen molar-refractivity contribution in [3.63, 3.8) is 0 Å². The molecular formula is C11H10ClN3O4. The summed E-state index contributed by atoms with van der Waals surface area (Å²) in [7, 11) is 0. The second kappa shape index (κ2) is 5.23. The Hall–Kier alpha value is -2.15. The molecule has 2 rings (SSSR count). The molecule has 1 N–H and O–H groups in total. The maximum Gasteiger partial charge on any atom is 0.270 e. The predicted molar refractivity (Wildman–Crippen MR) is 67.0 cm³/mol. The van der Waals surface area contributed by atoms with Crippen LogP contribution in [0.1, 0.15) is 10.4 Å². The van der Waals surface area contributed by atoms with E-state index in [0.717, 1.165) is 6.07 Å². The lowest BCUT2D eigenvalue weighted by Gasteiger charge is -2.26. The predicted octanol–water partition coefficient (Wildman–Crippen LogP) is 0.820. The molecule has 0 aromatic heterocycles. The molecule has 2 amide bonds. The largest absolute Gasteiger partial charge is 0.353 e. The second-order valence-electron chi connectivity index (χ2n) is 4.00. The van der Waals surface area contributed by atoms with Crippen molar-refractivity contribution >= 4 is 29.1 Å². The fraction of sp³-hybridized carbons (Fsp3) is 0.273.